The summed E-state index contributed by atoms with van der Waals surface area (Å²) >= 11 is 1.89. The second-order valence-corrected chi connectivity index (χ2v) is 5.04. The molecule has 0 amide bonds. The SMILES string of the molecule is COCCCN1CCCC1c1cccs1. The Morgan fingerprint density at radius 1 is 1.60 bits per heavy atom. The maximum absolute atomic E-state index is 5.10. The first-order valence-electron chi connectivity index (χ1n) is 5.68. The van der Waals surface area contributed by atoms with Gasteiger partial charge in [0.25, 0.3) is 0 Å². The molecule has 3 heteroatoms. The Kier molecular flexibility index (Phi) is 4.18. The molecule has 0 radical (unpaired) electrons. The van der Waals surface area contributed by atoms with Crippen molar-refractivity contribution in [2.24, 2.45) is 0 Å². The van der Waals surface area contributed by atoms with Crippen molar-refractivity contribution in [2.45, 2.75) is 25.3 Å². The third-order valence-electron chi connectivity index (χ3n) is 3.03. The van der Waals surface area contributed by atoms with Crippen LogP contribution in [0.25, 0.3) is 0 Å². The fourth-order valence-electron chi connectivity index (χ4n) is 2.31. The van der Waals surface area contributed by atoms with Gasteiger partial charge in [-0.1, -0.05) is 6.07 Å². The molecule has 84 valence electrons. The molecule has 1 aliphatic heterocycles. The standard InChI is InChI=1S/C12H19NOS/c1-14-9-4-8-13-7-2-5-11(13)12-6-3-10-15-12/h3,6,10-11H,2,4-5,7-9H2,1H3. The molecule has 0 bridgehead atoms. The van der Waals surface area contributed by atoms with Crippen LogP contribution in [-0.4, -0.2) is 31.7 Å². The maximum atomic E-state index is 5.10. The van der Waals surface area contributed by atoms with Crippen LogP contribution in [0.1, 0.15) is 30.2 Å². The maximum Gasteiger partial charge on any atom is 0.0474 e. The summed E-state index contributed by atoms with van der Waals surface area (Å²) < 4.78 is 5.10. The predicted octanol–water partition coefficient (Wildman–Crippen LogP) is 2.92. The molecule has 1 aromatic heterocycles. The van der Waals surface area contributed by atoms with Gasteiger partial charge in [0.15, 0.2) is 0 Å². The van der Waals surface area contributed by atoms with Crippen LogP contribution in [-0.2, 0) is 4.74 Å². The molecule has 1 fully saturated rings. The van der Waals surface area contributed by atoms with Gasteiger partial charge in [0.05, 0.1) is 0 Å². The van der Waals surface area contributed by atoms with E-state index < -0.39 is 0 Å². The molecule has 0 saturated carbocycles. The average Bonchev–Trinajstić information content (AvgIpc) is 2.87. The largest absolute Gasteiger partial charge is 0.385 e. The summed E-state index contributed by atoms with van der Waals surface area (Å²) in [6, 6.07) is 5.11. The average molecular weight is 225 g/mol. The molecule has 2 heterocycles. The van der Waals surface area contributed by atoms with Gasteiger partial charge in [-0.25, -0.2) is 0 Å². The lowest BCUT2D eigenvalue weighted by Gasteiger charge is -2.23. The number of methoxy groups -OCH3 is 1. The molecular formula is C12H19NOS. The van der Waals surface area contributed by atoms with E-state index in [0.717, 1.165) is 13.0 Å². The summed E-state index contributed by atoms with van der Waals surface area (Å²) in [5.41, 5.74) is 0. The van der Waals surface area contributed by atoms with Gasteiger partial charge in [-0.05, 0) is 37.3 Å². The monoisotopic (exact) mass is 225 g/mol. The summed E-state index contributed by atoms with van der Waals surface area (Å²) in [7, 11) is 1.78. The Morgan fingerprint density at radius 2 is 2.53 bits per heavy atom. The van der Waals surface area contributed by atoms with E-state index in [2.05, 4.69) is 22.4 Å². The summed E-state index contributed by atoms with van der Waals surface area (Å²) in [6.45, 7) is 3.32. The van der Waals surface area contributed by atoms with Crippen LogP contribution in [0.4, 0.5) is 0 Å². The van der Waals surface area contributed by atoms with E-state index >= 15 is 0 Å². The second kappa shape index (κ2) is 5.64. The molecule has 1 aromatic rings. The topological polar surface area (TPSA) is 12.5 Å². The molecule has 1 saturated heterocycles. The molecular weight excluding hydrogens is 206 g/mol. The first kappa shape index (κ1) is 11.1. The van der Waals surface area contributed by atoms with Crippen molar-refractivity contribution in [3.8, 4) is 0 Å². The molecule has 0 spiro atoms. The highest BCUT2D eigenvalue weighted by Gasteiger charge is 2.25. The van der Waals surface area contributed by atoms with Gasteiger partial charge in [-0.3, -0.25) is 4.90 Å². The van der Waals surface area contributed by atoms with E-state index in [9.17, 15) is 0 Å². The van der Waals surface area contributed by atoms with Crippen LogP contribution >= 0.6 is 11.3 Å². The number of nitrogens with zero attached hydrogens (tertiary/aromatic N) is 1. The van der Waals surface area contributed by atoms with Crippen LogP contribution in [0.15, 0.2) is 17.5 Å². The first-order valence-corrected chi connectivity index (χ1v) is 6.56. The van der Waals surface area contributed by atoms with Gasteiger partial charge in [-0.15, -0.1) is 11.3 Å². The minimum atomic E-state index is 0.682. The van der Waals surface area contributed by atoms with Gasteiger partial charge in [0.1, 0.15) is 0 Å². The second-order valence-electron chi connectivity index (χ2n) is 4.06. The minimum absolute atomic E-state index is 0.682. The lowest BCUT2D eigenvalue weighted by Crippen LogP contribution is -2.24. The van der Waals surface area contributed by atoms with E-state index in [4.69, 9.17) is 4.74 Å². The van der Waals surface area contributed by atoms with Crippen molar-refractivity contribution in [1.82, 2.24) is 4.90 Å². The Bertz CT molecular complexity index is 273. The summed E-state index contributed by atoms with van der Waals surface area (Å²) in [5.74, 6) is 0. The van der Waals surface area contributed by atoms with Crippen molar-refractivity contribution in [3.63, 3.8) is 0 Å². The van der Waals surface area contributed by atoms with Crippen molar-refractivity contribution < 1.29 is 4.74 Å². The lowest BCUT2D eigenvalue weighted by molar-refractivity contribution is 0.168. The summed E-state index contributed by atoms with van der Waals surface area (Å²) in [4.78, 5) is 4.13. The third kappa shape index (κ3) is 2.80. The zero-order valence-corrected chi connectivity index (χ0v) is 10.1. The highest BCUT2D eigenvalue weighted by Crippen LogP contribution is 2.34. The highest BCUT2D eigenvalue weighted by molar-refractivity contribution is 7.10. The van der Waals surface area contributed by atoms with E-state index in [-0.39, 0.29) is 0 Å². The van der Waals surface area contributed by atoms with Crippen molar-refractivity contribution in [3.05, 3.63) is 22.4 Å². The van der Waals surface area contributed by atoms with E-state index in [1.165, 1.54) is 30.8 Å². The fraction of sp³-hybridized carbons (Fsp3) is 0.667. The molecule has 1 atom stereocenters. The van der Waals surface area contributed by atoms with Gasteiger partial charge >= 0.3 is 0 Å². The molecule has 1 unspecified atom stereocenters. The van der Waals surface area contributed by atoms with Gasteiger partial charge in [0.2, 0.25) is 0 Å². The number of likely N-dealkylation sites (tertiary alicyclic amines) is 1. The molecule has 2 rings (SSSR count). The molecule has 0 aromatic carbocycles. The first-order chi connectivity index (χ1) is 7.42. The molecule has 0 aliphatic carbocycles. The zero-order valence-electron chi connectivity index (χ0n) is 9.32. The molecule has 2 nitrogen and oxygen atoms in total. The van der Waals surface area contributed by atoms with E-state index in [1.54, 1.807) is 7.11 Å². The van der Waals surface area contributed by atoms with Gasteiger partial charge in [0, 0.05) is 31.2 Å². The Hall–Kier alpha value is -0.380. The Labute approximate surface area is 95.9 Å². The summed E-state index contributed by atoms with van der Waals surface area (Å²) in [6.07, 6.45) is 3.82. The zero-order chi connectivity index (χ0) is 10.5. The smallest absolute Gasteiger partial charge is 0.0474 e. The van der Waals surface area contributed by atoms with Crippen LogP contribution in [0, 0.1) is 0 Å². The van der Waals surface area contributed by atoms with E-state index in [1.807, 2.05) is 11.3 Å². The quantitative estimate of drug-likeness (QED) is 0.714. The molecule has 0 N–H and O–H groups in total. The summed E-state index contributed by atoms with van der Waals surface area (Å²) in [5, 5.41) is 2.18. The van der Waals surface area contributed by atoms with Crippen molar-refractivity contribution in [1.29, 1.82) is 0 Å². The third-order valence-corrected chi connectivity index (χ3v) is 4.00. The fourth-order valence-corrected chi connectivity index (χ4v) is 3.20. The number of hydrogen-bond acceptors (Lipinski definition) is 3. The number of thiophene rings is 1. The highest BCUT2D eigenvalue weighted by atomic mass is 32.1. The number of ether oxygens (including phenoxy) is 1. The molecule has 1 aliphatic rings. The van der Waals surface area contributed by atoms with Crippen LogP contribution in [0.2, 0.25) is 0 Å². The predicted molar refractivity (Wildman–Crippen MR) is 64.4 cm³/mol. The minimum Gasteiger partial charge on any atom is -0.385 e. The van der Waals surface area contributed by atoms with Crippen LogP contribution in [0.3, 0.4) is 0 Å². The Balaban J connectivity index is 1.88. The van der Waals surface area contributed by atoms with Crippen LogP contribution < -0.4 is 0 Å². The number of rotatable bonds is 5. The lowest BCUT2D eigenvalue weighted by atomic mass is 10.2. The van der Waals surface area contributed by atoms with Gasteiger partial charge in [-0.2, -0.15) is 0 Å². The normalized spacial score (nSPS) is 22.3. The number of hydrogen-bond donors (Lipinski definition) is 0. The Morgan fingerprint density at radius 3 is 3.27 bits per heavy atom. The van der Waals surface area contributed by atoms with Crippen LogP contribution in [0.5, 0.6) is 0 Å². The van der Waals surface area contributed by atoms with Crippen molar-refractivity contribution >= 4 is 11.3 Å². The molecule has 15 heavy (non-hydrogen) atoms. The van der Waals surface area contributed by atoms with Gasteiger partial charge < -0.3 is 4.74 Å². The van der Waals surface area contributed by atoms with E-state index in [0.29, 0.717) is 6.04 Å². The van der Waals surface area contributed by atoms with Crippen molar-refractivity contribution in [2.75, 3.05) is 26.8 Å².